The van der Waals surface area contributed by atoms with Gasteiger partial charge in [-0.05, 0) is 59.1 Å². The second-order valence-electron chi connectivity index (χ2n) is 4.93. The summed E-state index contributed by atoms with van der Waals surface area (Å²) in [6.07, 6.45) is 1.03. The lowest BCUT2D eigenvalue weighted by Gasteiger charge is -2.12. The third kappa shape index (κ3) is 4.56. The molecule has 0 amide bonds. The van der Waals surface area contributed by atoms with Gasteiger partial charge in [0.1, 0.15) is 5.75 Å². The van der Waals surface area contributed by atoms with Gasteiger partial charge < -0.3 is 10.1 Å². The third-order valence-electron chi connectivity index (χ3n) is 3.44. The minimum Gasteiger partial charge on any atom is -0.495 e. The Balaban J connectivity index is 1.93. The van der Waals surface area contributed by atoms with Gasteiger partial charge in [-0.25, -0.2) is 0 Å². The van der Waals surface area contributed by atoms with Crippen molar-refractivity contribution >= 4 is 31.9 Å². The van der Waals surface area contributed by atoms with Crippen LogP contribution in [0.2, 0.25) is 0 Å². The fourth-order valence-electron chi connectivity index (χ4n) is 2.31. The predicted molar refractivity (Wildman–Crippen MR) is 95.0 cm³/mol. The molecule has 1 N–H and O–H groups in total. The van der Waals surface area contributed by atoms with Crippen LogP contribution in [0.5, 0.6) is 5.75 Å². The monoisotopic (exact) mass is 411 g/mol. The van der Waals surface area contributed by atoms with E-state index in [1.807, 2.05) is 6.07 Å². The maximum absolute atomic E-state index is 5.46. The molecule has 0 heterocycles. The number of ether oxygens (including phenoxy) is 1. The highest BCUT2D eigenvalue weighted by Crippen LogP contribution is 2.32. The van der Waals surface area contributed by atoms with Crippen LogP contribution in [0.3, 0.4) is 0 Å². The average Bonchev–Trinajstić information content (AvgIpc) is 2.45. The summed E-state index contributed by atoms with van der Waals surface area (Å²) in [6, 6.07) is 12.6. The van der Waals surface area contributed by atoms with Crippen molar-refractivity contribution in [1.82, 2.24) is 5.32 Å². The molecule has 0 aliphatic rings. The standard InChI is InChI=1S/C17H19Br2NO/c1-12-5-3-4-6-13(12)7-8-20-11-14-9-15(18)10-16(19)17(14)21-2/h3-6,9-10,20H,7-8,11H2,1-2H3. The minimum absolute atomic E-state index is 0.785. The summed E-state index contributed by atoms with van der Waals surface area (Å²) in [5.41, 5.74) is 3.89. The van der Waals surface area contributed by atoms with Gasteiger partial charge in [0.25, 0.3) is 0 Å². The zero-order valence-corrected chi connectivity index (χ0v) is 15.4. The number of methoxy groups -OCH3 is 1. The van der Waals surface area contributed by atoms with E-state index in [0.717, 1.165) is 39.8 Å². The molecular weight excluding hydrogens is 394 g/mol. The van der Waals surface area contributed by atoms with Crippen LogP contribution in [0.15, 0.2) is 45.3 Å². The number of hydrogen-bond donors (Lipinski definition) is 1. The first-order valence-corrected chi connectivity index (χ1v) is 8.47. The van der Waals surface area contributed by atoms with Crippen LogP contribution in [0.25, 0.3) is 0 Å². The van der Waals surface area contributed by atoms with Crippen LogP contribution in [-0.2, 0) is 13.0 Å². The van der Waals surface area contributed by atoms with E-state index < -0.39 is 0 Å². The van der Waals surface area contributed by atoms with Crippen molar-refractivity contribution in [2.24, 2.45) is 0 Å². The van der Waals surface area contributed by atoms with Crippen molar-refractivity contribution < 1.29 is 4.74 Å². The molecule has 4 heteroatoms. The molecule has 0 unspecified atom stereocenters. The van der Waals surface area contributed by atoms with Crippen molar-refractivity contribution in [3.8, 4) is 5.75 Å². The summed E-state index contributed by atoms with van der Waals surface area (Å²) in [6.45, 7) is 3.88. The molecule has 0 spiro atoms. The predicted octanol–water partition coefficient (Wildman–Crippen LogP) is 4.86. The molecule has 2 aromatic rings. The molecule has 0 aromatic heterocycles. The largest absolute Gasteiger partial charge is 0.495 e. The van der Waals surface area contributed by atoms with Crippen LogP contribution < -0.4 is 10.1 Å². The van der Waals surface area contributed by atoms with Gasteiger partial charge in [-0.3, -0.25) is 0 Å². The van der Waals surface area contributed by atoms with Crippen molar-refractivity contribution in [2.45, 2.75) is 19.9 Å². The first-order chi connectivity index (χ1) is 10.1. The van der Waals surface area contributed by atoms with Crippen molar-refractivity contribution in [1.29, 1.82) is 0 Å². The molecule has 0 aliphatic carbocycles. The second-order valence-corrected chi connectivity index (χ2v) is 6.70. The van der Waals surface area contributed by atoms with Crippen molar-refractivity contribution in [3.05, 3.63) is 62.0 Å². The highest BCUT2D eigenvalue weighted by atomic mass is 79.9. The number of aryl methyl sites for hydroxylation is 1. The molecule has 21 heavy (non-hydrogen) atoms. The summed E-state index contributed by atoms with van der Waals surface area (Å²) in [5, 5.41) is 3.48. The Bertz CT molecular complexity index is 614. The van der Waals surface area contributed by atoms with Crippen molar-refractivity contribution in [2.75, 3.05) is 13.7 Å². The van der Waals surface area contributed by atoms with Gasteiger partial charge in [0.2, 0.25) is 0 Å². The average molecular weight is 413 g/mol. The van der Waals surface area contributed by atoms with E-state index in [0.29, 0.717) is 0 Å². The summed E-state index contributed by atoms with van der Waals surface area (Å²) >= 11 is 7.05. The molecule has 0 saturated heterocycles. The van der Waals surface area contributed by atoms with E-state index in [1.54, 1.807) is 7.11 Å². The third-order valence-corrected chi connectivity index (χ3v) is 4.48. The van der Waals surface area contributed by atoms with Gasteiger partial charge in [-0.2, -0.15) is 0 Å². The Hall–Kier alpha value is -0.840. The molecule has 0 saturated carbocycles. The number of nitrogens with one attached hydrogen (secondary N) is 1. The molecular formula is C17H19Br2NO. The first-order valence-electron chi connectivity index (χ1n) is 6.89. The van der Waals surface area contributed by atoms with Gasteiger partial charge in [-0.15, -0.1) is 0 Å². The van der Waals surface area contributed by atoms with Gasteiger partial charge in [0.05, 0.1) is 11.6 Å². The maximum atomic E-state index is 5.46. The summed E-state index contributed by atoms with van der Waals surface area (Å²) in [5.74, 6) is 0.890. The molecule has 0 radical (unpaired) electrons. The SMILES string of the molecule is COc1c(Br)cc(Br)cc1CNCCc1ccccc1C. The topological polar surface area (TPSA) is 21.3 Å². The molecule has 0 aliphatic heterocycles. The van der Waals surface area contributed by atoms with Crippen LogP contribution in [0, 0.1) is 6.92 Å². The number of halogens is 2. The van der Waals surface area contributed by atoms with E-state index in [2.05, 4.69) is 74.4 Å². The van der Waals surface area contributed by atoms with Crippen LogP contribution in [0.1, 0.15) is 16.7 Å². The Morgan fingerprint density at radius 2 is 1.86 bits per heavy atom. The van der Waals surface area contributed by atoms with Gasteiger partial charge in [0, 0.05) is 16.6 Å². The number of benzene rings is 2. The summed E-state index contributed by atoms with van der Waals surface area (Å²) in [7, 11) is 1.70. The van der Waals surface area contributed by atoms with Crippen molar-refractivity contribution in [3.63, 3.8) is 0 Å². The quantitative estimate of drug-likeness (QED) is 0.684. The zero-order chi connectivity index (χ0) is 15.2. The molecule has 0 bridgehead atoms. The lowest BCUT2D eigenvalue weighted by molar-refractivity contribution is 0.405. The molecule has 112 valence electrons. The Labute approximate surface area is 143 Å². The van der Waals surface area contributed by atoms with Crippen LogP contribution in [0.4, 0.5) is 0 Å². The Morgan fingerprint density at radius 3 is 2.57 bits per heavy atom. The van der Waals surface area contributed by atoms with Gasteiger partial charge in [-0.1, -0.05) is 40.2 Å². The highest BCUT2D eigenvalue weighted by molar-refractivity contribution is 9.11. The minimum atomic E-state index is 0.785. The lowest BCUT2D eigenvalue weighted by atomic mass is 10.1. The fourth-order valence-corrected chi connectivity index (χ4v) is 3.79. The first kappa shape index (κ1) is 16.5. The van der Waals surface area contributed by atoms with E-state index in [9.17, 15) is 0 Å². The van der Waals surface area contributed by atoms with E-state index in [-0.39, 0.29) is 0 Å². The number of hydrogen-bond acceptors (Lipinski definition) is 2. The maximum Gasteiger partial charge on any atom is 0.137 e. The van der Waals surface area contributed by atoms with Gasteiger partial charge in [0.15, 0.2) is 0 Å². The molecule has 2 nitrogen and oxygen atoms in total. The fraction of sp³-hybridized carbons (Fsp3) is 0.294. The van der Waals surface area contributed by atoms with Crippen LogP contribution in [-0.4, -0.2) is 13.7 Å². The smallest absolute Gasteiger partial charge is 0.137 e. The lowest BCUT2D eigenvalue weighted by Crippen LogP contribution is -2.17. The second kappa shape index (κ2) is 7.97. The summed E-state index contributed by atoms with van der Waals surface area (Å²) in [4.78, 5) is 0. The van der Waals surface area contributed by atoms with Crippen LogP contribution >= 0.6 is 31.9 Å². The van der Waals surface area contributed by atoms with E-state index >= 15 is 0 Å². The van der Waals surface area contributed by atoms with E-state index in [4.69, 9.17) is 4.74 Å². The molecule has 2 rings (SSSR count). The Kier molecular flexibility index (Phi) is 6.27. The highest BCUT2D eigenvalue weighted by Gasteiger charge is 2.08. The molecule has 2 aromatic carbocycles. The van der Waals surface area contributed by atoms with Gasteiger partial charge >= 0.3 is 0 Å². The summed E-state index contributed by atoms with van der Waals surface area (Å²) < 4.78 is 7.47. The number of rotatable bonds is 6. The molecule has 0 fully saturated rings. The zero-order valence-electron chi connectivity index (χ0n) is 12.2. The normalized spacial score (nSPS) is 10.7. The Morgan fingerprint density at radius 1 is 1.10 bits per heavy atom. The molecule has 0 atom stereocenters. The van der Waals surface area contributed by atoms with E-state index in [1.165, 1.54) is 11.1 Å².